The lowest BCUT2D eigenvalue weighted by Gasteiger charge is -2.31. The van der Waals surface area contributed by atoms with Crippen molar-refractivity contribution in [3.63, 3.8) is 0 Å². The van der Waals surface area contributed by atoms with E-state index in [0.717, 1.165) is 4.88 Å². The molecule has 1 aromatic carbocycles. The van der Waals surface area contributed by atoms with Gasteiger partial charge < -0.3 is 10.2 Å². The molecule has 126 valence electrons. The minimum atomic E-state index is -0.354. The molecule has 0 unspecified atom stereocenters. The maximum Gasteiger partial charge on any atom is 0.253 e. The van der Waals surface area contributed by atoms with Crippen molar-refractivity contribution in [2.45, 2.75) is 19.4 Å². The van der Waals surface area contributed by atoms with Crippen LogP contribution in [0.15, 0.2) is 41.8 Å². The molecule has 0 radical (unpaired) electrons. The fraction of sp³-hybridized carbons (Fsp3) is 0.333. The van der Waals surface area contributed by atoms with E-state index in [1.165, 1.54) is 24.3 Å². The van der Waals surface area contributed by atoms with Crippen LogP contribution in [-0.4, -0.2) is 29.8 Å². The maximum absolute atomic E-state index is 12.9. The molecule has 4 nitrogen and oxygen atoms in total. The molecular weight excluding hydrogens is 327 g/mol. The van der Waals surface area contributed by atoms with Crippen LogP contribution in [0.25, 0.3) is 0 Å². The third-order valence-corrected chi connectivity index (χ3v) is 5.14. The molecule has 2 aromatic rings. The van der Waals surface area contributed by atoms with E-state index in [2.05, 4.69) is 5.32 Å². The van der Waals surface area contributed by atoms with Gasteiger partial charge >= 0.3 is 0 Å². The molecule has 2 heterocycles. The molecule has 1 saturated heterocycles. The Hall–Kier alpha value is -2.21. The number of carbonyl (C=O) groups excluding carboxylic acids is 2. The van der Waals surface area contributed by atoms with Crippen molar-refractivity contribution in [2.75, 3.05) is 13.1 Å². The van der Waals surface area contributed by atoms with E-state index in [-0.39, 0.29) is 23.5 Å². The van der Waals surface area contributed by atoms with E-state index >= 15 is 0 Å². The number of nitrogens with zero attached hydrogens (tertiary/aromatic N) is 1. The fourth-order valence-corrected chi connectivity index (χ4v) is 3.50. The first kappa shape index (κ1) is 16.6. The Balaban J connectivity index is 1.49. The highest BCUT2D eigenvalue weighted by Gasteiger charge is 2.27. The average molecular weight is 346 g/mol. The lowest BCUT2D eigenvalue weighted by Crippen LogP contribution is -2.42. The quantitative estimate of drug-likeness (QED) is 0.925. The highest BCUT2D eigenvalue weighted by atomic mass is 32.1. The van der Waals surface area contributed by atoms with Gasteiger partial charge in [-0.3, -0.25) is 9.59 Å². The molecule has 2 amide bonds. The summed E-state index contributed by atoms with van der Waals surface area (Å²) >= 11 is 1.62. The Kier molecular flexibility index (Phi) is 5.25. The fourth-order valence-electron chi connectivity index (χ4n) is 2.85. The van der Waals surface area contributed by atoms with Gasteiger partial charge in [0.05, 0.1) is 6.54 Å². The summed E-state index contributed by atoms with van der Waals surface area (Å²) in [5, 5.41) is 4.95. The van der Waals surface area contributed by atoms with Gasteiger partial charge in [0, 0.05) is 29.4 Å². The van der Waals surface area contributed by atoms with Crippen LogP contribution in [0.1, 0.15) is 28.1 Å². The van der Waals surface area contributed by atoms with E-state index in [1.54, 1.807) is 16.2 Å². The van der Waals surface area contributed by atoms with Gasteiger partial charge in [-0.05, 0) is 48.6 Å². The molecular formula is C18H19FN2O2S. The zero-order chi connectivity index (χ0) is 16.9. The minimum Gasteiger partial charge on any atom is -0.351 e. The third kappa shape index (κ3) is 4.00. The topological polar surface area (TPSA) is 49.4 Å². The number of nitrogens with one attached hydrogen (secondary N) is 1. The number of benzene rings is 1. The third-order valence-electron chi connectivity index (χ3n) is 4.26. The van der Waals surface area contributed by atoms with E-state index in [0.29, 0.717) is 38.0 Å². The number of hydrogen-bond acceptors (Lipinski definition) is 3. The second-order valence-corrected chi connectivity index (χ2v) is 6.90. The van der Waals surface area contributed by atoms with Crippen molar-refractivity contribution in [1.29, 1.82) is 0 Å². The average Bonchev–Trinajstić information content (AvgIpc) is 3.13. The predicted molar refractivity (Wildman–Crippen MR) is 91.2 cm³/mol. The second-order valence-electron chi connectivity index (χ2n) is 5.87. The first-order valence-corrected chi connectivity index (χ1v) is 8.86. The Labute approximate surface area is 144 Å². The molecule has 24 heavy (non-hydrogen) atoms. The Morgan fingerprint density at radius 2 is 1.88 bits per heavy atom. The Bertz CT molecular complexity index is 692. The first-order chi connectivity index (χ1) is 11.6. The molecule has 0 atom stereocenters. The van der Waals surface area contributed by atoms with Crippen LogP contribution in [0.5, 0.6) is 0 Å². The number of likely N-dealkylation sites (tertiary alicyclic amines) is 1. The zero-order valence-corrected chi connectivity index (χ0v) is 14.0. The SMILES string of the molecule is O=C(NCc1cccs1)C1CCN(C(=O)c2ccc(F)cc2)CC1. The van der Waals surface area contributed by atoms with Crippen molar-refractivity contribution < 1.29 is 14.0 Å². The summed E-state index contributed by atoms with van der Waals surface area (Å²) in [6.45, 7) is 1.66. The maximum atomic E-state index is 12.9. The Morgan fingerprint density at radius 1 is 1.17 bits per heavy atom. The molecule has 1 aromatic heterocycles. The number of halogens is 1. The summed E-state index contributed by atoms with van der Waals surface area (Å²) in [7, 11) is 0. The van der Waals surface area contributed by atoms with Crippen LogP contribution in [0.3, 0.4) is 0 Å². The summed E-state index contributed by atoms with van der Waals surface area (Å²) < 4.78 is 12.9. The summed E-state index contributed by atoms with van der Waals surface area (Å²) in [5.74, 6) is -0.459. The molecule has 1 N–H and O–H groups in total. The molecule has 1 aliphatic rings. The number of amides is 2. The van der Waals surface area contributed by atoms with Gasteiger partial charge in [0.25, 0.3) is 5.91 Å². The van der Waals surface area contributed by atoms with Gasteiger partial charge in [-0.25, -0.2) is 4.39 Å². The standard InChI is InChI=1S/C18H19FN2O2S/c19-15-5-3-14(4-6-15)18(23)21-9-7-13(8-10-21)17(22)20-12-16-2-1-11-24-16/h1-6,11,13H,7-10,12H2,(H,20,22). The second kappa shape index (κ2) is 7.57. The van der Waals surface area contributed by atoms with Crippen molar-refractivity contribution >= 4 is 23.2 Å². The van der Waals surface area contributed by atoms with Crippen LogP contribution in [0, 0.1) is 11.7 Å². The monoisotopic (exact) mass is 346 g/mol. The van der Waals surface area contributed by atoms with Crippen molar-refractivity contribution in [3.8, 4) is 0 Å². The summed E-state index contributed by atoms with van der Waals surface area (Å²) in [5.41, 5.74) is 0.483. The zero-order valence-electron chi connectivity index (χ0n) is 13.2. The number of rotatable bonds is 4. The first-order valence-electron chi connectivity index (χ1n) is 7.98. The molecule has 0 saturated carbocycles. The van der Waals surface area contributed by atoms with E-state index in [4.69, 9.17) is 0 Å². The predicted octanol–water partition coefficient (Wildman–Crippen LogP) is 3.06. The summed E-state index contributed by atoms with van der Waals surface area (Å²) in [4.78, 5) is 27.5. The van der Waals surface area contributed by atoms with E-state index < -0.39 is 0 Å². The van der Waals surface area contributed by atoms with Crippen LogP contribution < -0.4 is 5.32 Å². The summed E-state index contributed by atoms with van der Waals surface area (Å²) in [6, 6.07) is 9.53. The van der Waals surface area contributed by atoms with Crippen molar-refractivity contribution in [1.82, 2.24) is 10.2 Å². The molecule has 0 aliphatic carbocycles. The molecule has 1 aliphatic heterocycles. The van der Waals surface area contributed by atoms with Crippen molar-refractivity contribution in [3.05, 3.63) is 58.0 Å². The highest BCUT2D eigenvalue weighted by molar-refractivity contribution is 7.09. The van der Waals surface area contributed by atoms with Gasteiger partial charge in [-0.1, -0.05) is 6.07 Å². The molecule has 0 bridgehead atoms. The normalized spacial score (nSPS) is 15.3. The van der Waals surface area contributed by atoms with E-state index in [1.807, 2.05) is 17.5 Å². The molecule has 6 heteroatoms. The number of thiophene rings is 1. The van der Waals surface area contributed by atoms with Crippen LogP contribution in [0.2, 0.25) is 0 Å². The van der Waals surface area contributed by atoms with Gasteiger partial charge in [0.15, 0.2) is 0 Å². The van der Waals surface area contributed by atoms with Gasteiger partial charge in [0.2, 0.25) is 5.91 Å². The van der Waals surface area contributed by atoms with Crippen LogP contribution in [-0.2, 0) is 11.3 Å². The highest BCUT2D eigenvalue weighted by Crippen LogP contribution is 2.20. The largest absolute Gasteiger partial charge is 0.351 e. The lowest BCUT2D eigenvalue weighted by atomic mass is 9.95. The van der Waals surface area contributed by atoms with Crippen LogP contribution in [0.4, 0.5) is 4.39 Å². The Morgan fingerprint density at radius 3 is 2.50 bits per heavy atom. The minimum absolute atomic E-state index is 0.0530. The number of hydrogen-bond donors (Lipinski definition) is 1. The molecule has 3 rings (SSSR count). The van der Waals surface area contributed by atoms with E-state index in [9.17, 15) is 14.0 Å². The van der Waals surface area contributed by atoms with Crippen molar-refractivity contribution in [2.24, 2.45) is 5.92 Å². The van der Waals surface area contributed by atoms with Crippen LogP contribution >= 0.6 is 11.3 Å². The number of carbonyl (C=O) groups is 2. The molecule has 0 spiro atoms. The smallest absolute Gasteiger partial charge is 0.253 e. The summed E-state index contributed by atoms with van der Waals surface area (Å²) in [6.07, 6.45) is 1.31. The van der Waals surface area contributed by atoms with Gasteiger partial charge in [-0.2, -0.15) is 0 Å². The molecule has 1 fully saturated rings. The number of piperidine rings is 1. The van der Waals surface area contributed by atoms with Gasteiger partial charge in [-0.15, -0.1) is 11.3 Å². The van der Waals surface area contributed by atoms with Gasteiger partial charge in [0.1, 0.15) is 5.82 Å². The lowest BCUT2D eigenvalue weighted by molar-refractivity contribution is -0.126.